The predicted molar refractivity (Wildman–Crippen MR) is 87.2 cm³/mol. The molecule has 0 spiro atoms. The van der Waals surface area contributed by atoms with Crippen molar-refractivity contribution in [3.63, 3.8) is 0 Å². The van der Waals surface area contributed by atoms with Crippen molar-refractivity contribution >= 4 is 30.3 Å². The molecule has 3 rings (SSSR count). The van der Waals surface area contributed by atoms with Crippen molar-refractivity contribution in [3.8, 4) is 0 Å². The van der Waals surface area contributed by atoms with Crippen LogP contribution < -0.4 is 10.6 Å². The third-order valence-corrected chi connectivity index (χ3v) is 4.96. The van der Waals surface area contributed by atoms with Crippen molar-refractivity contribution < 1.29 is 14.4 Å². The molecule has 0 aromatic heterocycles. The van der Waals surface area contributed by atoms with Crippen LogP contribution in [0.3, 0.4) is 0 Å². The molecule has 0 aromatic rings. The Morgan fingerprint density at radius 1 is 1.22 bits per heavy atom. The van der Waals surface area contributed by atoms with E-state index in [1.807, 2.05) is 4.90 Å². The van der Waals surface area contributed by atoms with Crippen LogP contribution in [0, 0.1) is 11.8 Å². The highest BCUT2D eigenvalue weighted by Gasteiger charge is 2.44. The maximum Gasteiger partial charge on any atom is 0.325 e. The molecule has 0 bridgehead atoms. The highest BCUT2D eigenvalue weighted by Crippen LogP contribution is 2.27. The van der Waals surface area contributed by atoms with Crippen molar-refractivity contribution in [1.82, 2.24) is 20.4 Å². The summed E-state index contributed by atoms with van der Waals surface area (Å²) in [5, 5.41) is 6.00. The third kappa shape index (κ3) is 3.45. The van der Waals surface area contributed by atoms with Gasteiger partial charge in [0, 0.05) is 39.1 Å². The smallest absolute Gasteiger partial charge is 0.325 e. The zero-order valence-corrected chi connectivity index (χ0v) is 14.4. The summed E-state index contributed by atoms with van der Waals surface area (Å²) in [5.41, 5.74) is -0.833. The van der Waals surface area contributed by atoms with Crippen LogP contribution >= 0.6 is 12.4 Å². The second kappa shape index (κ2) is 6.65. The Bertz CT molecular complexity index is 499. The Labute approximate surface area is 142 Å². The number of carbonyl (C=O) groups excluding carboxylic acids is 3. The van der Waals surface area contributed by atoms with Crippen LogP contribution in [0.1, 0.15) is 26.7 Å². The van der Waals surface area contributed by atoms with Gasteiger partial charge < -0.3 is 15.5 Å². The minimum absolute atomic E-state index is 0. The summed E-state index contributed by atoms with van der Waals surface area (Å²) >= 11 is 0. The van der Waals surface area contributed by atoms with Gasteiger partial charge in [-0.3, -0.25) is 14.5 Å². The molecule has 0 unspecified atom stereocenters. The molecule has 23 heavy (non-hydrogen) atoms. The Morgan fingerprint density at radius 3 is 2.35 bits per heavy atom. The van der Waals surface area contributed by atoms with Gasteiger partial charge in [0.2, 0.25) is 5.91 Å². The lowest BCUT2D eigenvalue weighted by atomic mass is 10.0. The average molecular weight is 345 g/mol. The molecule has 8 heteroatoms. The topological polar surface area (TPSA) is 81.8 Å². The summed E-state index contributed by atoms with van der Waals surface area (Å²) < 4.78 is 0. The summed E-state index contributed by atoms with van der Waals surface area (Å²) in [6.45, 7) is 7.38. The molecule has 7 nitrogen and oxygen atoms in total. The van der Waals surface area contributed by atoms with Gasteiger partial charge in [0.15, 0.2) is 0 Å². The second-order valence-corrected chi connectivity index (χ2v) is 7.09. The van der Waals surface area contributed by atoms with Gasteiger partial charge in [-0.25, -0.2) is 4.79 Å². The fraction of sp³-hybridized carbons (Fsp3) is 0.800. The number of fused-ring (bicyclic) bond motifs is 1. The van der Waals surface area contributed by atoms with Gasteiger partial charge in [-0.15, -0.1) is 12.4 Å². The van der Waals surface area contributed by atoms with Gasteiger partial charge in [0.1, 0.15) is 5.54 Å². The van der Waals surface area contributed by atoms with Crippen LogP contribution in [0.25, 0.3) is 0 Å². The monoisotopic (exact) mass is 344 g/mol. The normalized spacial score (nSPS) is 28.6. The Hall–Kier alpha value is -1.34. The van der Waals surface area contributed by atoms with Gasteiger partial charge in [0.25, 0.3) is 5.91 Å². The largest absolute Gasteiger partial charge is 0.342 e. The van der Waals surface area contributed by atoms with Gasteiger partial charge in [-0.2, -0.15) is 0 Å². The summed E-state index contributed by atoms with van der Waals surface area (Å²) in [6.07, 6.45) is 0.919. The van der Waals surface area contributed by atoms with E-state index in [2.05, 4.69) is 10.6 Å². The minimum Gasteiger partial charge on any atom is -0.342 e. The number of hydrogen-bond acceptors (Lipinski definition) is 4. The average Bonchev–Trinajstić information content (AvgIpc) is 3.06. The Kier molecular flexibility index (Phi) is 5.20. The van der Waals surface area contributed by atoms with E-state index in [-0.39, 0.29) is 30.3 Å². The molecule has 2 N–H and O–H groups in total. The first-order valence-electron chi connectivity index (χ1n) is 8.01. The van der Waals surface area contributed by atoms with Crippen LogP contribution in [0.5, 0.6) is 0 Å². The minimum atomic E-state index is -0.833. The second-order valence-electron chi connectivity index (χ2n) is 7.09. The number of likely N-dealkylation sites (tertiary alicyclic amines) is 1. The van der Waals surface area contributed by atoms with Crippen LogP contribution in [0.2, 0.25) is 0 Å². The molecule has 3 fully saturated rings. The van der Waals surface area contributed by atoms with Gasteiger partial charge in [0.05, 0.1) is 0 Å². The maximum atomic E-state index is 12.2. The molecule has 0 radical (unpaired) electrons. The predicted octanol–water partition coefficient (Wildman–Crippen LogP) is 0.197. The van der Waals surface area contributed by atoms with E-state index in [9.17, 15) is 14.4 Å². The third-order valence-electron chi connectivity index (χ3n) is 4.96. The quantitative estimate of drug-likeness (QED) is 0.714. The lowest BCUT2D eigenvalue weighted by Gasteiger charge is -2.19. The van der Waals surface area contributed by atoms with Gasteiger partial charge >= 0.3 is 6.03 Å². The molecule has 0 aliphatic carbocycles. The van der Waals surface area contributed by atoms with E-state index in [0.717, 1.165) is 26.2 Å². The number of urea groups is 1. The van der Waals surface area contributed by atoms with Crippen molar-refractivity contribution in [1.29, 1.82) is 0 Å². The lowest BCUT2D eigenvalue weighted by Crippen LogP contribution is -2.40. The first-order chi connectivity index (χ1) is 10.4. The number of halogens is 1. The highest BCUT2D eigenvalue weighted by atomic mass is 35.5. The zero-order valence-electron chi connectivity index (χ0n) is 13.6. The molecule has 2 atom stereocenters. The van der Waals surface area contributed by atoms with E-state index >= 15 is 0 Å². The number of hydrogen-bond donors (Lipinski definition) is 2. The summed E-state index contributed by atoms with van der Waals surface area (Å²) in [6, 6.07) is -0.357. The molecule has 3 aliphatic heterocycles. The molecule has 0 aromatic carbocycles. The number of nitrogens with zero attached hydrogens (tertiary/aromatic N) is 2. The number of amides is 4. The van der Waals surface area contributed by atoms with Crippen molar-refractivity contribution in [2.24, 2.45) is 11.8 Å². The van der Waals surface area contributed by atoms with Gasteiger partial charge in [-0.1, -0.05) is 0 Å². The molecular weight excluding hydrogens is 320 g/mol. The molecule has 3 saturated heterocycles. The van der Waals surface area contributed by atoms with E-state index in [4.69, 9.17) is 0 Å². The van der Waals surface area contributed by atoms with Crippen molar-refractivity contribution in [3.05, 3.63) is 0 Å². The molecular formula is C15H25ClN4O3. The van der Waals surface area contributed by atoms with Crippen LogP contribution in [-0.4, -0.2) is 65.9 Å². The van der Waals surface area contributed by atoms with E-state index in [1.54, 1.807) is 13.8 Å². The number of imide groups is 1. The molecule has 130 valence electrons. The summed E-state index contributed by atoms with van der Waals surface area (Å²) in [4.78, 5) is 39.2. The van der Waals surface area contributed by atoms with E-state index < -0.39 is 5.54 Å². The fourth-order valence-corrected chi connectivity index (χ4v) is 3.63. The molecule has 0 saturated carbocycles. The molecule has 4 amide bonds. The lowest BCUT2D eigenvalue weighted by molar-refractivity contribution is -0.132. The SMILES string of the molecule is CC1(C)NC(=O)N(CCCC(=O)N2C[C@H]3CNC[C@H]3C2)C1=O.Cl. The number of rotatable bonds is 4. The van der Waals surface area contributed by atoms with Crippen LogP contribution in [-0.2, 0) is 9.59 Å². The first-order valence-corrected chi connectivity index (χ1v) is 8.01. The summed E-state index contributed by atoms with van der Waals surface area (Å²) in [5.74, 6) is 1.11. The highest BCUT2D eigenvalue weighted by molar-refractivity contribution is 6.06. The standard InChI is InChI=1S/C15H24N4O3.ClH/c1-15(2)13(21)19(14(22)17-15)5-3-4-12(20)18-8-10-6-16-7-11(10)9-18;/h10-11,16H,3-9H2,1-2H3,(H,17,22);1H/t10-,11+;. The number of nitrogens with one attached hydrogen (secondary N) is 2. The Balaban J connectivity index is 0.00000192. The first kappa shape index (κ1) is 18.0. The fourth-order valence-electron chi connectivity index (χ4n) is 3.63. The Morgan fingerprint density at radius 2 is 1.83 bits per heavy atom. The van der Waals surface area contributed by atoms with E-state index in [0.29, 0.717) is 31.2 Å². The summed E-state index contributed by atoms with van der Waals surface area (Å²) in [7, 11) is 0. The van der Waals surface area contributed by atoms with Gasteiger partial charge in [-0.05, 0) is 32.1 Å². The molecule has 3 aliphatic rings. The maximum absolute atomic E-state index is 12.2. The zero-order chi connectivity index (χ0) is 15.9. The van der Waals surface area contributed by atoms with Crippen molar-refractivity contribution in [2.45, 2.75) is 32.2 Å². The van der Waals surface area contributed by atoms with Crippen molar-refractivity contribution in [2.75, 3.05) is 32.7 Å². The van der Waals surface area contributed by atoms with Crippen LogP contribution in [0.15, 0.2) is 0 Å². The molecule has 3 heterocycles. The number of carbonyl (C=O) groups is 3. The van der Waals surface area contributed by atoms with E-state index in [1.165, 1.54) is 4.90 Å². The van der Waals surface area contributed by atoms with Crippen LogP contribution in [0.4, 0.5) is 4.79 Å².